The van der Waals surface area contributed by atoms with Gasteiger partial charge in [-0.3, -0.25) is 5.32 Å². The summed E-state index contributed by atoms with van der Waals surface area (Å²) in [4.78, 5) is 4.39. The molecular weight excluding hydrogens is 322 g/mol. The highest BCUT2D eigenvalue weighted by Gasteiger charge is 2.40. The summed E-state index contributed by atoms with van der Waals surface area (Å²) >= 11 is 5.17. The van der Waals surface area contributed by atoms with E-state index in [9.17, 15) is 5.26 Å². The number of nitriles is 1. The van der Waals surface area contributed by atoms with Crippen molar-refractivity contribution in [1.82, 2.24) is 10.3 Å². The van der Waals surface area contributed by atoms with Crippen LogP contribution in [-0.4, -0.2) is 21.8 Å². The highest BCUT2D eigenvalue weighted by atomic mass is 79.9. The van der Waals surface area contributed by atoms with Crippen LogP contribution in [0.4, 0.5) is 0 Å². The van der Waals surface area contributed by atoms with E-state index in [-0.39, 0.29) is 5.54 Å². The molecule has 19 heavy (non-hydrogen) atoms. The molecule has 1 heterocycles. The molecule has 1 fully saturated rings. The van der Waals surface area contributed by atoms with E-state index >= 15 is 0 Å². The Kier molecular flexibility index (Phi) is 4.88. The van der Waals surface area contributed by atoms with Crippen LogP contribution in [0.15, 0.2) is 27.8 Å². The van der Waals surface area contributed by atoms with Crippen LogP contribution in [0.3, 0.4) is 0 Å². The molecule has 0 bridgehead atoms. The predicted octanol–water partition coefficient (Wildman–Crippen LogP) is 3.75. The van der Waals surface area contributed by atoms with Gasteiger partial charge in [0.1, 0.15) is 5.54 Å². The smallest absolute Gasteiger partial charge is 0.108 e. The maximum Gasteiger partial charge on any atom is 0.108 e. The molecule has 2 atom stereocenters. The molecular formula is C14H18BrN3S. The van der Waals surface area contributed by atoms with Gasteiger partial charge in [0.05, 0.1) is 11.1 Å². The lowest BCUT2D eigenvalue weighted by Gasteiger charge is -2.25. The van der Waals surface area contributed by atoms with Crippen molar-refractivity contribution in [2.24, 2.45) is 0 Å². The van der Waals surface area contributed by atoms with E-state index < -0.39 is 0 Å². The van der Waals surface area contributed by atoms with Gasteiger partial charge in [-0.1, -0.05) is 0 Å². The number of pyridine rings is 1. The summed E-state index contributed by atoms with van der Waals surface area (Å²) in [6.07, 6.45) is 4.71. The Morgan fingerprint density at radius 3 is 2.95 bits per heavy atom. The fraction of sp³-hybridized carbons (Fsp3) is 0.571. The molecule has 102 valence electrons. The van der Waals surface area contributed by atoms with E-state index in [1.807, 2.05) is 18.3 Å². The lowest BCUT2D eigenvalue weighted by atomic mass is 9.99. The van der Waals surface area contributed by atoms with Crippen LogP contribution >= 0.6 is 27.7 Å². The zero-order chi connectivity index (χ0) is 13.9. The van der Waals surface area contributed by atoms with Gasteiger partial charge in [0.15, 0.2) is 0 Å². The quantitative estimate of drug-likeness (QED) is 0.907. The monoisotopic (exact) mass is 339 g/mol. The SMILES string of the molecule is CC(C)NC1(C#N)CCC(Sc2ccc(Br)cn2)C1. The third-order valence-corrected chi connectivity index (χ3v) is 4.92. The lowest BCUT2D eigenvalue weighted by Crippen LogP contribution is -2.45. The summed E-state index contributed by atoms with van der Waals surface area (Å²) in [5.74, 6) is 0. The molecule has 0 spiro atoms. The van der Waals surface area contributed by atoms with Crippen LogP contribution in [0.5, 0.6) is 0 Å². The summed E-state index contributed by atoms with van der Waals surface area (Å²) in [6, 6.07) is 6.86. The molecule has 0 radical (unpaired) electrons. The van der Waals surface area contributed by atoms with Crippen molar-refractivity contribution in [3.05, 3.63) is 22.8 Å². The second kappa shape index (κ2) is 6.25. The van der Waals surface area contributed by atoms with Crippen molar-refractivity contribution >= 4 is 27.7 Å². The molecule has 1 aliphatic rings. The van der Waals surface area contributed by atoms with Crippen LogP contribution in [0.2, 0.25) is 0 Å². The molecule has 1 N–H and O–H groups in total. The highest BCUT2D eigenvalue weighted by molar-refractivity contribution is 9.10. The van der Waals surface area contributed by atoms with Crippen molar-refractivity contribution < 1.29 is 0 Å². The van der Waals surface area contributed by atoms with Crippen molar-refractivity contribution in [1.29, 1.82) is 5.26 Å². The molecule has 2 unspecified atom stereocenters. The zero-order valence-corrected chi connectivity index (χ0v) is 13.6. The Labute approximate surface area is 127 Å². The summed E-state index contributed by atoms with van der Waals surface area (Å²) in [5.41, 5.74) is -0.346. The number of thioether (sulfide) groups is 1. The van der Waals surface area contributed by atoms with E-state index in [1.165, 1.54) is 0 Å². The van der Waals surface area contributed by atoms with Crippen LogP contribution in [0.1, 0.15) is 33.1 Å². The number of hydrogen-bond donors (Lipinski definition) is 1. The maximum absolute atomic E-state index is 9.44. The maximum atomic E-state index is 9.44. The van der Waals surface area contributed by atoms with Gasteiger partial charge in [-0.05, 0) is 61.2 Å². The molecule has 0 amide bonds. The first-order valence-electron chi connectivity index (χ1n) is 6.50. The third kappa shape index (κ3) is 3.95. The Bertz CT molecular complexity index is 469. The molecule has 0 saturated heterocycles. The molecule has 2 rings (SSSR count). The molecule has 1 aliphatic carbocycles. The molecule has 1 saturated carbocycles. The van der Waals surface area contributed by atoms with Crippen molar-refractivity contribution in [2.45, 2.75) is 55.0 Å². The summed E-state index contributed by atoms with van der Waals surface area (Å²) in [5, 5.41) is 14.4. The number of hydrogen-bond acceptors (Lipinski definition) is 4. The Morgan fingerprint density at radius 1 is 1.58 bits per heavy atom. The third-order valence-electron chi connectivity index (χ3n) is 3.24. The molecule has 3 nitrogen and oxygen atoms in total. The Morgan fingerprint density at radius 2 is 2.37 bits per heavy atom. The fourth-order valence-corrected chi connectivity index (χ4v) is 3.96. The standard InChI is InChI=1S/C14H18BrN3S/c1-10(2)18-14(9-16)6-5-12(7-14)19-13-4-3-11(15)8-17-13/h3-4,8,10,12,18H,5-7H2,1-2H3. The average molecular weight is 340 g/mol. The average Bonchev–Trinajstić information content (AvgIpc) is 2.75. The first-order valence-corrected chi connectivity index (χ1v) is 8.17. The van der Waals surface area contributed by atoms with Crippen molar-refractivity contribution in [3.8, 4) is 6.07 Å². The minimum atomic E-state index is -0.346. The minimum absolute atomic E-state index is 0.342. The number of rotatable bonds is 4. The number of halogens is 1. The van der Waals surface area contributed by atoms with Crippen molar-refractivity contribution in [3.63, 3.8) is 0 Å². The Balaban J connectivity index is 1.98. The van der Waals surface area contributed by atoms with Gasteiger partial charge < -0.3 is 0 Å². The van der Waals surface area contributed by atoms with Crippen LogP contribution < -0.4 is 5.32 Å². The van der Waals surface area contributed by atoms with Gasteiger partial charge in [-0.15, -0.1) is 11.8 Å². The van der Waals surface area contributed by atoms with E-state index in [0.717, 1.165) is 28.8 Å². The summed E-state index contributed by atoms with van der Waals surface area (Å²) < 4.78 is 0.996. The summed E-state index contributed by atoms with van der Waals surface area (Å²) in [6.45, 7) is 4.19. The highest BCUT2D eigenvalue weighted by Crippen LogP contribution is 2.39. The fourth-order valence-electron chi connectivity index (χ4n) is 2.52. The molecule has 5 heteroatoms. The molecule has 1 aromatic rings. The van der Waals surface area contributed by atoms with Crippen LogP contribution in [0, 0.1) is 11.3 Å². The largest absolute Gasteiger partial charge is 0.297 e. The van der Waals surface area contributed by atoms with Gasteiger partial charge in [0.2, 0.25) is 0 Å². The van der Waals surface area contributed by atoms with E-state index in [1.54, 1.807) is 11.8 Å². The zero-order valence-electron chi connectivity index (χ0n) is 11.2. The second-order valence-corrected chi connectivity index (χ2v) is 7.53. The van der Waals surface area contributed by atoms with Gasteiger partial charge in [-0.25, -0.2) is 4.98 Å². The van der Waals surface area contributed by atoms with E-state index in [0.29, 0.717) is 11.3 Å². The number of nitrogens with zero attached hydrogens (tertiary/aromatic N) is 2. The number of nitrogens with one attached hydrogen (secondary N) is 1. The number of aromatic nitrogens is 1. The van der Waals surface area contributed by atoms with E-state index in [2.05, 4.69) is 46.1 Å². The van der Waals surface area contributed by atoms with E-state index in [4.69, 9.17) is 0 Å². The summed E-state index contributed by atoms with van der Waals surface area (Å²) in [7, 11) is 0. The Hall–Kier alpha value is -0.570. The van der Waals surface area contributed by atoms with Gasteiger partial charge in [0.25, 0.3) is 0 Å². The van der Waals surface area contributed by atoms with Crippen LogP contribution in [0.25, 0.3) is 0 Å². The minimum Gasteiger partial charge on any atom is -0.297 e. The molecule has 0 aromatic carbocycles. The normalized spacial score (nSPS) is 26.6. The van der Waals surface area contributed by atoms with Gasteiger partial charge in [-0.2, -0.15) is 5.26 Å². The first-order chi connectivity index (χ1) is 9.03. The van der Waals surface area contributed by atoms with Gasteiger partial charge in [0, 0.05) is 22.0 Å². The molecule has 0 aliphatic heterocycles. The van der Waals surface area contributed by atoms with Crippen molar-refractivity contribution in [2.75, 3.05) is 0 Å². The first kappa shape index (κ1) is 14.8. The van der Waals surface area contributed by atoms with Gasteiger partial charge >= 0.3 is 0 Å². The topological polar surface area (TPSA) is 48.7 Å². The van der Waals surface area contributed by atoms with Crippen LogP contribution in [-0.2, 0) is 0 Å². The lowest BCUT2D eigenvalue weighted by molar-refractivity contribution is 0.386. The molecule has 1 aromatic heterocycles. The predicted molar refractivity (Wildman–Crippen MR) is 82.0 cm³/mol. The second-order valence-electron chi connectivity index (χ2n) is 5.29.